The molecule has 0 radical (unpaired) electrons. The fourth-order valence-corrected chi connectivity index (χ4v) is 4.85. The minimum atomic E-state index is -3.27. The molecule has 180 valence electrons. The van der Waals surface area contributed by atoms with Crippen molar-refractivity contribution >= 4 is 9.84 Å². The van der Waals surface area contributed by atoms with Crippen LogP contribution >= 0.6 is 0 Å². The third kappa shape index (κ3) is 5.93. The molecule has 0 atom stereocenters. The van der Waals surface area contributed by atoms with E-state index in [1.807, 2.05) is 18.2 Å². The maximum atomic E-state index is 11.8. The lowest BCUT2D eigenvalue weighted by atomic mass is 9.95. The van der Waals surface area contributed by atoms with Crippen molar-refractivity contribution in [3.63, 3.8) is 0 Å². The first-order chi connectivity index (χ1) is 16.3. The molecule has 10 heteroatoms. The zero-order valence-electron chi connectivity index (χ0n) is 18.9. The van der Waals surface area contributed by atoms with Gasteiger partial charge in [0.1, 0.15) is 24.7 Å². The summed E-state index contributed by atoms with van der Waals surface area (Å²) < 4.78 is 31.6. The van der Waals surface area contributed by atoms with Gasteiger partial charge in [-0.1, -0.05) is 43.5 Å². The molecule has 0 spiro atoms. The lowest BCUT2D eigenvalue weighted by Gasteiger charge is -2.24. The molecule has 0 unspecified atom stereocenters. The van der Waals surface area contributed by atoms with Crippen LogP contribution in [0.3, 0.4) is 0 Å². The van der Waals surface area contributed by atoms with Crippen LogP contribution in [0, 0.1) is 10.1 Å². The molecule has 1 aliphatic carbocycles. The highest BCUT2D eigenvalue weighted by molar-refractivity contribution is 7.90. The molecule has 9 nitrogen and oxygen atoms in total. The molecule has 4 rings (SSSR count). The lowest BCUT2D eigenvalue weighted by Crippen LogP contribution is -2.15. The Labute approximate surface area is 198 Å². The van der Waals surface area contributed by atoms with Crippen LogP contribution in [0.1, 0.15) is 49.4 Å². The van der Waals surface area contributed by atoms with Crippen LogP contribution < -0.4 is 4.74 Å². The SMILES string of the molecule is CS(=O)(=O)c1ccc(-c2cc(COc3cccc(CO[N+](=O)[O-])c3)nn2C2CCCCC2)cc1. The Hall–Kier alpha value is -3.40. The van der Waals surface area contributed by atoms with Crippen molar-refractivity contribution in [1.29, 1.82) is 0 Å². The van der Waals surface area contributed by atoms with Crippen molar-refractivity contribution in [2.75, 3.05) is 6.26 Å². The van der Waals surface area contributed by atoms with E-state index in [9.17, 15) is 18.5 Å². The topological polar surface area (TPSA) is 114 Å². The number of sulfone groups is 1. The van der Waals surface area contributed by atoms with Gasteiger partial charge >= 0.3 is 0 Å². The number of hydrogen-bond donors (Lipinski definition) is 0. The second-order valence-electron chi connectivity index (χ2n) is 8.49. The molecule has 34 heavy (non-hydrogen) atoms. The van der Waals surface area contributed by atoms with Crippen molar-refractivity contribution < 1.29 is 23.1 Å². The van der Waals surface area contributed by atoms with Crippen LogP contribution in [0.25, 0.3) is 11.3 Å². The largest absolute Gasteiger partial charge is 0.487 e. The molecule has 1 heterocycles. The Kier molecular flexibility index (Phi) is 7.16. The zero-order chi connectivity index (χ0) is 24.1. The fraction of sp³-hybridized carbons (Fsp3) is 0.375. The van der Waals surface area contributed by atoms with E-state index >= 15 is 0 Å². The molecule has 1 aromatic heterocycles. The number of benzene rings is 2. The highest BCUT2D eigenvalue weighted by Gasteiger charge is 2.21. The van der Waals surface area contributed by atoms with E-state index in [-0.39, 0.29) is 24.2 Å². The predicted octanol–water partition coefficient (Wildman–Crippen LogP) is 4.75. The summed E-state index contributed by atoms with van der Waals surface area (Å²) in [6, 6.07) is 16.1. The molecule has 1 saturated carbocycles. The van der Waals surface area contributed by atoms with Gasteiger partial charge in [0.15, 0.2) is 9.84 Å². The first kappa shape index (κ1) is 23.7. The molecule has 0 saturated heterocycles. The summed E-state index contributed by atoms with van der Waals surface area (Å²) in [4.78, 5) is 15.1. The van der Waals surface area contributed by atoms with Crippen molar-refractivity contribution in [3.05, 3.63) is 76.0 Å². The van der Waals surface area contributed by atoms with Gasteiger partial charge in [-0.25, -0.2) is 8.42 Å². The average Bonchev–Trinajstić information content (AvgIpc) is 3.26. The van der Waals surface area contributed by atoms with Crippen LogP contribution in [-0.4, -0.2) is 29.5 Å². The number of rotatable bonds is 9. The minimum absolute atomic E-state index is 0.145. The van der Waals surface area contributed by atoms with E-state index in [1.54, 1.807) is 36.4 Å². The van der Waals surface area contributed by atoms with Gasteiger partial charge in [0.2, 0.25) is 0 Å². The van der Waals surface area contributed by atoms with E-state index in [0.29, 0.717) is 11.3 Å². The maximum Gasteiger partial charge on any atom is 0.294 e. The Balaban J connectivity index is 1.56. The van der Waals surface area contributed by atoms with Crippen molar-refractivity contribution in [2.45, 2.75) is 56.3 Å². The number of nitrogens with zero attached hydrogens (tertiary/aromatic N) is 3. The smallest absolute Gasteiger partial charge is 0.294 e. The third-order valence-corrected chi connectivity index (χ3v) is 7.04. The van der Waals surface area contributed by atoms with E-state index in [1.165, 1.54) is 12.7 Å². The summed E-state index contributed by atoms with van der Waals surface area (Å²) in [5.41, 5.74) is 3.21. The third-order valence-electron chi connectivity index (χ3n) is 5.91. The normalized spacial score (nSPS) is 14.6. The van der Waals surface area contributed by atoms with Crippen molar-refractivity contribution in [1.82, 2.24) is 9.78 Å². The summed E-state index contributed by atoms with van der Waals surface area (Å²) in [6.45, 7) is 0.0851. The highest BCUT2D eigenvalue weighted by Crippen LogP contribution is 2.33. The van der Waals surface area contributed by atoms with Crippen molar-refractivity contribution in [3.8, 4) is 17.0 Å². The van der Waals surface area contributed by atoms with E-state index in [2.05, 4.69) is 9.52 Å². The van der Waals surface area contributed by atoms with Crippen molar-refractivity contribution in [2.24, 2.45) is 0 Å². The Morgan fingerprint density at radius 1 is 1.06 bits per heavy atom. The van der Waals surface area contributed by atoms with Crippen LogP contribution in [-0.2, 0) is 27.9 Å². The van der Waals surface area contributed by atoms with Gasteiger partial charge in [-0.15, -0.1) is 10.1 Å². The maximum absolute atomic E-state index is 11.8. The minimum Gasteiger partial charge on any atom is -0.487 e. The molecule has 1 fully saturated rings. The first-order valence-corrected chi connectivity index (χ1v) is 13.1. The first-order valence-electron chi connectivity index (χ1n) is 11.2. The molecule has 0 bridgehead atoms. The van der Waals surface area contributed by atoms with Gasteiger partial charge in [-0.2, -0.15) is 5.10 Å². The molecule has 0 N–H and O–H groups in total. The van der Waals surface area contributed by atoms with E-state index in [4.69, 9.17) is 9.84 Å². The zero-order valence-corrected chi connectivity index (χ0v) is 19.7. The molecule has 1 aliphatic rings. The van der Waals surface area contributed by atoms with Gasteiger partial charge in [-0.05, 0) is 54.3 Å². The number of aromatic nitrogens is 2. The van der Waals surface area contributed by atoms with Crippen LogP contribution in [0.4, 0.5) is 0 Å². The summed E-state index contributed by atoms with van der Waals surface area (Å²) in [5.74, 6) is 0.565. The predicted molar refractivity (Wildman–Crippen MR) is 125 cm³/mol. The van der Waals surface area contributed by atoms with Crippen LogP contribution in [0.15, 0.2) is 59.5 Å². The second-order valence-corrected chi connectivity index (χ2v) is 10.5. The van der Waals surface area contributed by atoms with Gasteiger partial charge < -0.3 is 9.57 Å². The quantitative estimate of drug-likeness (QED) is 0.317. The molecule has 3 aromatic rings. The molecule has 0 aliphatic heterocycles. The van der Waals surface area contributed by atoms with Gasteiger partial charge in [0.25, 0.3) is 5.09 Å². The van der Waals surface area contributed by atoms with Gasteiger partial charge in [-0.3, -0.25) is 4.68 Å². The fourth-order valence-electron chi connectivity index (χ4n) is 4.22. The van der Waals surface area contributed by atoms with Gasteiger partial charge in [0.05, 0.1) is 16.6 Å². The molecular weight excluding hydrogens is 458 g/mol. The number of ether oxygens (including phenoxy) is 1. The average molecular weight is 486 g/mol. The summed E-state index contributed by atoms with van der Waals surface area (Å²) in [7, 11) is -3.27. The number of hydrogen-bond acceptors (Lipinski definition) is 7. The molecular formula is C24H27N3O6S. The second kappa shape index (κ2) is 10.3. The Bertz CT molecular complexity index is 1250. The summed E-state index contributed by atoms with van der Waals surface area (Å²) >= 11 is 0. The Morgan fingerprint density at radius 3 is 2.47 bits per heavy atom. The van der Waals surface area contributed by atoms with E-state index < -0.39 is 14.9 Å². The molecule has 2 aromatic carbocycles. The molecule has 0 amide bonds. The van der Waals surface area contributed by atoms with E-state index in [0.717, 1.165) is 42.6 Å². The summed E-state index contributed by atoms with van der Waals surface area (Å²) in [6.07, 6.45) is 6.83. The Morgan fingerprint density at radius 2 is 1.79 bits per heavy atom. The summed E-state index contributed by atoms with van der Waals surface area (Å²) in [5, 5.41) is 14.4. The standard InChI is InChI=1S/C24H27N3O6S/c1-34(30,31)23-12-10-19(11-13-23)24-15-20(25-26(24)21-7-3-2-4-8-21)17-32-22-9-5-6-18(14-22)16-33-27(28)29/h5-6,9-15,21H,2-4,7-8,16-17H2,1H3. The monoisotopic (exact) mass is 485 g/mol. The lowest BCUT2D eigenvalue weighted by molar-refractivity contribution is -0.763. The van der Waals surface area contributed by atoms with Gasteiger partial charge in [0, 0.05) is 6.26 Å². The highest BCUT2D eigenvalue weighted by atomic mass is 32.2. The van der Waals surface area contributed by atoms with Crippen LogP contribution in [0.2, 0.25) is 0 Å². The van der Waals surface area contributed by atoms with Crippen LogP contribution in [0.5, 0.6) is 5.75 Å².